The number of amides is 1. The number of alkyl halides is 2. The van der Waals surface area contributed by atoms with Crippen molar-refractivity contribution < 1.29 is 28.2 Å². The molecule has 0 heterocycles. The number of rotatable bonds is 5. The number of hydrogen-bond acceptors (Lipinski definition) is 3. The molecule has 5 nitrogen and oxygen atoms in total. The number of carboxylic acid groups (broad SMARTS) is 1. The van der Waals surface area contributed by atoms with Crippen LogP contribution in [0.5, 0.6) is 0 Å². The van der Waals surface area contributed by atoms with E-state index in [9.17, 15) is 23.5 Å². The number of alkyl carbamates (subject to hydrolysis) is 1. The van der Waals surface area contributed by atoms with E-state index in [-0.39, 0.29) is 38.8 Å². The lowest BCUT2D eigenvalue weighted by Crippen LogP contribution is -2.63. The highest BCUT2D eigenvalue weighted by molar-refractivity contribution is 5.78. The van der Waals surface area contributed by atoms with Gasteiger partial charge in [0.1, 0.15) is 6.61 Å². The molecule has 2 N–H and O–H groups in total. The number of aliphatic carboxylic acids is 1. The van der Waals surface area contributed by atoms with Crippen LogP contribution in [0.4, 0.5) is 13.6 Å². The molecule has 2 saturated carbocycles. The Bertz CT molecular complexity index is 631. The van der Waals surface area contributed by atoms with Gasteiger partial charge in [-0.25, -0.2) is 13.6 Å². The second-order valence-corrected chi connectivity index (χ2v) is 7.06. The topological polar surface area (TPSA) is 75.6 Å². The van der Waals surface area contributed by atoms with Crippen molar-refractivity contribution in [3.8, 4) is 0 Å². The molecule has 3 rings (SSSR count). The molecule has 0 saturated heterocycles. The standard InChI is InChI=1S/C17H19F2NO4/c18-17(19)9-15(10-17)7-16(8-15,13(21)22)11-20-14(23)24-6-12-4-2-1-3-5-12/h1-5H,6-11H2,(H,20,23)(H,21,22). The highest BCUT2D eigenvalue weighted by Crippen LogP contribution is 2.68. The van der Waals surface area contributed by atoms with Gasteiger partial charge in [-0.3, -0.25) is 4.79 Å². The predicted molar refractivity (Wildman–Crippen MR) is 80.5 cm³/mol. The number of carbonyl (C=O) groups is 2. The maximum absolute atomic E-state index is 13.0. The molecular weight excluding hydrogens is 320 g/mol. The first-order valence-electron chi connectivity index (χ1n) is 7.80. The molecule has 2 aliphatic rings. The Morgan fingerprint density at radius 1 is 1.12 bits per heavy atom. The van der Waals surface area contributed by atoms with E-state index in [1.165, 1.54) is 0 Å². The van der Waals surface area contributed by atoms with Gasteiger partial charge >= 0.3 is 12.1 Å². The Morgan fingerprint density at radius 3 is 2.29 bits per heavy atom. The Balaban J connectivity index is 1.47. The SMILES string of the molecule is O=C(NCC1(C(=O)O)CC2(CC(F)(F)C2)C1)OCc1ccccc1. The van der Waals surface area contributed by atoms with E-state index in [0.29, 0.717) is 0 Å². The van der Waals surface area contributed by atoms with Crippen LogP contribution in [0.1, 0.15) is 31.2 Å². The van der Waals surface area contributed by atoms with E-state index in [0.717, 1.165) is 5.56 Å². The summed E-state index contributed by atoms with van der Waals surface area (Å²) in [5.74, 6) is -3.74. The maximum atomic E-state index is 13.0. The summed E-state index contributed by atoms with van der Waals surface area (Å²) in [4.78, 5) is 23.2. The van der Waals surface area contributed by atoms with Crippen LogP contribution in [0.25, 0.3) is 0 Å². The van der Waals surface area contributed by atoms with Crippen molar-refractivity contribution in [2.24, 2.45) is 10.8 Å². The summed E-state index contributed by atoms with van der Waals surface area (Å²) in [5.41, 5.74) is -0.917. The highest BCUT2D eigenvalue weighted by atomic mass is 19.3. The highest BCUT2D eigenvalue weighted by Gasteiger charge is 2.68. The molecular formula is C17H19F2NO4. The van der Waals surface area contributed by atoms with Crippen molar-refractivity contribution in [2.75, 3.05) is 6.54 Å². The molecule has 0 unspecified atom stereocenters. The number of carboxylic acids is 1. The molecule has 1 spiro atoms. The number of benzene rings is 1. The van der Waals surface area contributed by atoms with E-state index in [1.807, 2.05) is 18.2 Å². The van der Waals surface area contributed by atoms with E-state index in [1.54, 1.807) is 12.1 Å². The fourth-order valence-corrected chi connectivity index (χ4v) is 4.05. The summed E-state index contributed by atoms with van der Waals surface area (Å²) < 4.78 is 31.1. The van der Waals surface area contributed by atoms with Crippen molar-refractivity contribution in [1.82, 2.24) is 5.32 Å². The van der Waals surface area contributed by atoms with Crippen LogP contribution in [0.3, 0.4) is 0 Å². The van der Waals surface area contributed by atoms with Gasteiger partial charge in [0, 0.05) is 19.4 Å². The second kappa shape index (κ2) is 5.72. The van der Waals surface area contributed by atoms with Gasteiger partial charge in [0.15, 0.2) is 0 Å². The average molecular weight is 339 g/mol. The van der Waals surface area contributed by atoms with E-state index in [2.05, 4.69) is 5.32 Å². The molecule has 7 heteroatoms. The quantitative estimate of drug-likeness (QED) is 0.864. The molecule has 0 atom stereocenters. The Kier molecular flexibility index (Phi) is 3.97. The zero-order valence-corrected chi connectivity index (χ0v) is 13.1. The predicted octanol–water partition coefficient (Wildman–Crippen LogP) is 3.19. The minimum atomic E-state index is -2.67. The number of halogens is 2. The summed E-state index contributed by atoms with van der Waals surface area (Å²) in [6.07, 6.45) is -0.881. The van der Waals surface area contributed by atoms with E-state index >= 15 is 0 Å². The van der Waals surface area contributed by atoms with Crippen LogP contribution < -0.4 is 5.32 Å². The van der Waals surface area contributed by atoms with Crippen LogP contribution in [-0.4, -0.2) is 29.6 Å². The number of carbonyl (C=O) groups excluding carboxylic acids is 1. The van der Waals surface area contributed by atoms with Gasteiger partial charge in [0.2, 0.25) is 5.92 Å². The Labute approximate surface area is 138 Å². The van der Waals surface area contributed by atoms with Crippen molar-refractivity contribution in [1.29, 1.82) is 0 Å². The van der Waals surface area contributed by atoms with Gasteiger partial charge in [-0.15, -0.1) is 0 Å². The third kappa shape index (κ3) is 3.20. The lowest BCUT2D eigenvalue weighted by atomic mass is 9.44. The van der Waals surface area contributed by atoms with Crippen molar-refractivity contribution in [3.63, 3.8) is 0 Å². The molecule has 2 aliphatic carbocycles. The molecule has 1 aromatic carbocycles. The van der Waals surface area contributed by atoms with Crippen molar-refractivity contribution in [2.45, 2.75) is 38.2 Å². The zero-order valence-electron chi connectivity index (χ0n) is 13.1. The molecule has 1 aromatic rings. The Hall–Kier alpha value is -2.18. The fraction of sp³-hybridized carbons (Fsp3) is 0.529. The third-order valence-corrected chi connectivity index (χ3v) is 4.93. The summed E-state index contributed by atoms with van der Waals surface area (Å²) >= 11 is 0. The van der Waals surface area contributed by atoms with Gasteiger partial charge < -0.3 is 15.2 Å². The molecule has 0 radical (unpaired) electrons. The minimum absolute atomic E-state index is 0.0862. The monoisotopic (exact) mass is 339 g/mol. The fourth-order valence-electron chi connectivity index (χ4n) is 4.05. The number of nitrogens with one attached hydrogen (secondary N) is 1. The van der Waals surface area contributed by atoms with E-state index in [4.69, 9.17) is 4.74 Å². The summed E-state index contributed by atoms with van der Waals surface area (Å²) in [5, 5.41) is 11.9. The molecule has 2 fully saturated rings. The van der Waals surface area contributed by atoms with Crippen molar-refractivity contribution >= 4 is 12.1 Å². The lowest BCUT2D eigenvalue weighted by molar-refractivity contribution is -0.234. The molecule has 1 amide bonds. The van der Waals surface area contributed by atoms with Crippen molar-refractivity contribution in [3.05, 3.63) is 35.9 Å². The van der Waals surface area contributed by atoms with Crippen LogP contribution in [0.15, 0.2) is 30.3 Å². The molecule has 24 heavy (non-hydrogen) atoms. The summed E-state index contributed by atoms with van der Waals surface area (Å²) in [7, 11) is 0. The zero-order chi connectivity index (χ0) is 17.4. The smallest absolute Gasteiger partial charge is 0.407 e. The first kappa shape index (κ1) is 16.7. The normalized spacial score (nSPS) is 22.1. The first-order valence-corrected chi connectivity index (χ1v) is 7.80. The summed E-state index contributed by atoms with van der Waals surface area (Å²) in [6.45, 7) is -0.0216. The molecule has 0 bridgehead atoms. The van der Waals surface area contributed by atoms with Gasteiger partial charge in [-0.1, -0.05) is 30.3 Å². The lowest BCUT2D eigenvalue weighted by Gasteiger charge is -2.61. The van der Waals surface area contributed by atoms with Gasteiger partial charge in [0.05, 0.1) is 5.41 Å². The third-order valence-electron chi connectivity index (χ3n) is 4.93. The van der Waals surface area contributed by atoms with Crippen LogP contribution in [0, 0.1) is 10.8 Å². The second-order valence-electron chi connectivity index (χ2n) is 7.06. The van der Waals surface area contributed by atoms with Crippen LogP contribution in [-0.2, 0) is 16.1 Å². The van der Waals surface area contributed by atoms with Crippen LogP contribution >= 0.6 is 0 Å². The number of ether oxygens (including phenoxy) is 1. The summed E-state index contributed by atoms with van der Waals surface area (Å²) in [6, 6.07) is 9.09. The minimum Gasteiger partial charge on any atom is -0.481 e. The van der Waals surface area contributed by atoms with Crippen LogP contribution in [0.2, 0.25) is 0 Å². The maximum Gasteiger partial charge on any atom is 0.407 e. The largest absolute Gasteiger partial charge is 0.481 e. The molecule has 130 valence electrons. The first-order chi connectivity index (χ1) is 11.2. The van der Waals surface area contributed by atoms with Gasteiger partial charge in [0.25, 0.3) is 0 Å². The number of hydrogen-bond donors (Lipinski definition) is 2. The Morgan fingerprint density at radius 2 is 1.75 bits per heavy atom. The van der Waals surface area contributed by atoms with Gasteiger partial charge in [-0.05, 0) is 23.8 Å². The van der Waals surface area contributed by atoms with E-state index < -0.39 is 28.8 Å². The van der Waals surface area contributed by atoms with Gasteiger partial charge in [-0.2, -0.15) is 0 Å². The average Bonchev–Trinajstić information content (AvgIpc) is 2.47. The molecule has 0 aromatic heterocycles. The molecule has 0 aliphatic heterocycles.